The minimum Gasteiger partial charge on any atom is -0.345 e. The maximum Gasteiger partial charge on any atom is 0.223 e. The second-order valence-electron chi connectivity index (χ2n) is 3.32. The van der Waals surface area contributed by atoms with Gasteiger partial charge in [-0.2, -0.15) is 0 Å². The number of hydrogen-bond acceptors (Lipinski definition) is 1. The molecule has 0 heterocycles. The van der Waals surface area contributed by atoms with Gasteiger partial charge in [-0.3, -0.25) is 4.79 Å². The molecule has 1 saturated carbocycles. The summed E-state index contributed by atoms with van der Waals surface area (Å²) in [6.45, 7) is 0.498. The molecule has 72 valence electrons. The Kier molecular flexibility index (Phi) is 5.21. The number of amides is 1. The number of nitrogens with one attached hydrogen (secondary N) is 1. The predicted molar refractivity (Wildman–Crippen MR) is 61.4 cm³/mol. The van der Waals surface area contributed by atoms with Crippen molar-refractivity contribution in [1.29, 1.82) is 0 Å². The molecule has 3 heteroatoms. The molecule has 0 unspecified atom stereocenters. The van der Waals surface area contributed by atoms with Crippen LogP contribution in [0.5, 0.6) is 0 Å². The van der Waals surface area contributed by atoms with Crippen molar-refractivity contribution in [3.8, 4) is 9.85 Å². The first-order valence-corrected chi connectivity index (χ1v) is 5.78. The first-order valence-electron chi connectivity index (χ1n) is 4.71. The third-order valence-electron chi connectivity index (χ3n) is 2.39. The van der Waals surface area contributed by atoms with Crippen molar-refractivity contribution in [1.82, 2.24) is 5.32 Å². The summed E-state index contributed by atoms with van der Waals surface area (Å²) in [5, 5.41) is 2.84. The SMILES string of the molecule is O=C(NCC#CI)C1CCCCC1. The van der Waals surface area contributed by atoms with Crippen LogP contribution in [0.2, 0.25) is 0 Å². The molecule has 0 saturated heterocycles. The normalized spacial score (nSPS) is 17.3. The molecule has 0 radical (unpaired) electrons. The van der Waals surface area contributed by atoms with Crippen LogP contribution in [0.3, 0.4) is 0 Å². The van der Waals surface area contributed by atoms with Crippen molar-refractivity contribution < 1.29 is 4.79 Å². The fourth-order valence-corrected chi connectivity index (χ4v) is 1.86. The standard InChI is InChI=1S/C10H14INO/c11-7-4-8-12-10(13)9-5-2-1-3-6-9/h9H,1-3,5-6,8H2,(H,12,13). The van der Waals surface area contributed by atoms with Crippen LogP contribution in [0.1, 0.15) is 32.1 Å². The van der Waals surface area contributed by atoms with Gasteiger partial charge >= 0.3 is 0 Å². The molecule has 0 aromatic rings. The maximum atomic E-state index is 11.5. The second kappa shape index (κ2) is 6.25. The summed E-state index contributed by atoms with van der Waals surface area (Å²) in [5.41, 5.74) is 0. The van der Waals surface area contributed by atoms with Gasteiger partial charge < -0.3 is 5.32 Å². The Balaban J connectivity index is 2.23. The molecular weight excluding hydrogens is 277 g/mol. The quantitative estimate of drug-likeness (QED) is 0.612. The van der Waals surface area contributed by atoms with Crippen LogP contribution in [-0.2, 0) is 4.79 Å². The zero-order valence-electron chi connectivity index (χ0n) is 7.61. The molecule has 2 nitrogen and oxygen atoms in total. The van der Waals surface area contributed by atoms with Crippen LogP contribution in [0.4, 0.5) is 0 Å². The van der Waals surface area contributed by atoms with E-state index in [1.54, 1.807) is 0 Å². The zero-order valence-corrected chi connectivity index (χ0v) is 9.76. The van der Waals surface area contributed by atoms with E-state index in [0.717, 1.165) is 12.8 Å². The highest BCUT2D eigenvalue weighted by Gasteiger charge is 2.19. The zero-order chi connectivity index (χ0) is 9.52. The van der Waals surface area contributed by atoms with Gasteiger partial charge in [-0.25, -0.2) is 0 Å². The van der Waals surface area contributed by atoms with Gasteiger partial charge in [-0.15, -0.1) is 0 Å². The van der Waals surface area contributed by atoms with E-state index < -0.39 is 0 Å². The van der Waals surface area contributed by atoms with E-state index in [2.05, 4.69) is 15.2 Å². The van der Waals surface area contributed by atoms with Crippen LogP contribution in [0.25, 0.3) is 0 Å². The Bertz CT molecular complexity index is 223. The molecule has 1 aliphatic rings. The summed E-state index contributed by atoms with van der Waals surface area (Å²) in [5.74, 6) is 3.27. The monoisotopic (exact) mass is 291 g/mol. The van der Waals surface area contributed by atoms with Gasteiger partial charge in [0.25, 0.3) is 0 Å². The lowest BCUT2D eigenvalue weighted by atomic mass is 9.89. The van der Waals surface area contributed by atoms with Crippen molar-refractivity contribution in [2.24, 2.45) is 5.92 Å². The number of rotatable bonds is 2. The lowest BCUT2D eigenvalue weighted by molar-refractivity contribution is -0.125. The average Bonchev–Trinajstić information content (AvgIpc) is 2.19. The molecule has 0 bridgehead atoms. The molecule has 1 aliphatic carbocycles. The van der Waals surface area contributed by atoms with Gasteiger partial charge in [0.1, 0.15) is 0 Å². The lowest BCUT2D eigenvalue weighted by Gasteiger charge is -2.19. The fourth-order valence-electron chi connectivity index (χ4n) is 1.67. The van der Waals surface area contributed by atoms with Crippen LogP contribution >= 0.6 is 22.6 Å². The molecule has 0 aromatic carbocycles. The Hall–Kier alpha value is -0.240. The first kappa shape index (κ1) is 10.8. The van der Waals surface area contributed by atoms with E-state index in [0.29, 0.717) is 6.54 Å². The topological polar surface area (TPSA) is 29.1 Å². The van der Waals surface area contributed by atoms with Crippen LogP contribution in [0, 0.1) is 15.8 Å². The number of carbonyl (C=O) groups is 1. The van der Waals surface area contributed by atoms with Gasteiger partial charge in [0.05, 0.1) is 6.54 Å². The molecule has 0 atom stereocenters. The van der Waals surface area contributed by atoms with Crippen molar-refractivity contribution in [3.63, 3.8) is 0 Å². The minimum atomic E-state index is 0.193. The summed E-state index contributed by atoms with van der Waals surface area (Å²) >= 11 is 1.98. The first-order chi connectivity index (χ1) is 6.34. The third-order valence-corrected chi connectivity index (χ3v) is 2.78. The Morgan fingerprint density at radius 3 is 2.69 bits per heavy atom. The van der Waals surface area contributed by atoms with Gasteiger partial charge in [0.2, 0.25) is 5.91 Å². The van der Waals surface area contributed by atoms with E-state index in [1.807, 2.05) is 22.6 Å². The van der Waals surface area contributed by atoms with E-state index in [4.69, 9.17) is 0 Å². The van der Waals surface area contributed by atoms with Crippen LogP contribution < -0.4 is 5.32 Å². The van der Waals surface area contributed by atoms with Crippen LogP contribution in [-0.4, -0.2) is 12.5 Å². The van der Waals surface area contributed by atoms with Crippen molar-refractivity contribution in [2.75, 3.05) is 6.54 Å². The number of carbonyl (C=O) groups excluding carboxylic acids is 1. The highest BCUT2D eigenvalue weighted by molar-refractivity contribution is 14.1. The molecule has 1 fully saturated rings. The van der Waals surface area contributed by atoms with Gasteiger partial charge in [0.15, 0.2) is 0 Å². The summed E-state index contributed by atoms with van der Waals surface area (Å²) in [7, 11) is 0. The van der Waals surface area contributed by atoms with Gasteiger partial charge in [-0.05, 0) is 16.8 Å². The largest absolute Gasteiger partial charge is 0.345 e. The Morgan fingerprint density at radius 2 is 2.08 bits per heavy atom. The van der Waals surface area contributed by atoms with E-state index >= 15 is 0 Å². The molecule has 0 aliphatic heterocycles. The lowest BCUT2D eigenvalue weighted by Crippen LogP contribution is -2.32. The third kappa shape index (κ3) is 3.99. The van der Waals surface area contributed by atoms with E-state index in [1.165, 1.54) is 19.3 Å². The van der Waals surface area contributed by atoms with E-state index in [9.17, 15) is 4.79 Å². The molecule has 1 amide bonds. The molecule has 1 rings (SSSR count). The number of hydrogen-bond donors (Lipinski definition) is 1. The highest BCUT2D eigenvalue weighted by atomic mass is 127. The van der Waals surface area contributed by atoms with Gasteiger partial charge in [-0.1, -0.05) is 25.2 Å². The van der Waals surface area contributed by atoms with Crippen molar-refractivity contribution in [2.45, 2.75) is 32.1 Å². The maximum absolute atomic E-state index is 11.5. The highest BCUT2D eigenvalue weighted by Crippen LogP contribution is 2.23. The second-order valence-corrected chi connectivity index (χ2v) is 3.86. The fraction of sp³-hybridized carbons (Fsp3) is 0.700. The Morgan fingerprint density at radius 1 is 1.38 bits per heavy atom. The smallest absolute Gasteiger partial charge is 0.223 e. The molecule has 1 N–H and O–H groups in total. The summed E-state index contributed by atoms with van der Waals surface area (Å²) in [6.07, 6.45) is 5.82. The summed E-state index contributed by atoms with van der Waals surface area (Å²) in [6, 6.07) is 0. The minimum absolute atomic E-state index is 0.193. The molecular formula is C10H14INO. The molecule has 0 spiro atoms. The Labute approximate surface area is 93.0 Å². The van der Waals surface area contributed by atoms with E-state index in [-0.39, 0.29) is 11.8 Å². The van der Waals surface area contributed by atoms with Crippen LogP contribution in [0.15, 0.2) is 0 Å². The van der Waals surface area contributed by atoms with Crippen molar-refractivity contribution in [3.05, 3.63) is 0 Å². The summed E-state index contributed by atoms with van der Waals surface area (Å²) < 4.78 is 2.73. The summed E-state index contributed by atoms with van der Waals surface area (Å²) in [4.78, 5) is 11.5. The van der Waals surface area contributed by atoms with Crippen molar-refractivity contribution >= 4 is 28.5 Å². The molecule has 13 heavy (non-hydrogen) atoms. The molecule has 0 aromatic heterocycles. The predicted octanol–water partition coefficient (Wildman–Crippen LogP) is 2.08. The van der Waals surface area contributed by atoms with Gasteiger partial charge in [0, 0.05) is 28.5 Å². The average molecular weight is 291 g/mol. The number of halogens is 1.